The van der Waals surface area contributed by atoms with Gasteiger partial charge in [-0.3, -0.25) is 4.79 Å². The first-order valence-electron chi connectivity index (χ1n) is 6.14. The van der Waals surface area contributed by atoms with Crippen LogP contribution in [0.3, 0.4) is 0 Å². The highest BCUT2D eigenvalue weighted by atomic mass is 16.1. The molecular formula is C14H22N2O. The lowest BCUT2D eigenvalue weighted by atomic mass is 10.1. The monoisotopic (exact) mass is 234 g/mol. The van der Waals surface area contributed by atoms with Crippen LogP contribution < -0.4 is 11.1 Å². The Morgan fingerprint density at radius 2 is 2.12 bits per heavy atom. The highest BCUT2D eigenvalue weighted by molar-refractivity contribution is 5.78. The maximum Gasteiger partial charge on any atom is 0.224 e. The number of aryl methyl sites for hydroxylation is 1. The third kappa shape index (κ3) is 5.00. The largest absolute Gasteiger partial charge is 0.356 e. The number of amides is 1. The van der Waals surface area contributed by atoms with Crippen LogP contribution in [-0.2, 0) is 11.2 Å². The summed E-state index contributed by atoms with van der Waals surface area (Å²) in [5.41, 5.74) is 7.72. The number of nitrogens with one attached hydrogen (secondary N) is 1. The Hall–Kier alpha value is -1.35. The maximum atomic E-state index is 11.7. The van der Waals surface area contributed by atoms with Gasteiger partial charge in [-0.15, -0.1) is 0 Å². The highest BCUT2D eigenvalue weighted by Crippen LogP contribution is 2.07. The lowest BCUT2D eigenvalue weighted by Crippen LogP contribution is -2.30. The molecule has 1 unspecified atom stereocenters. The second-order valence-corrected chi connectivity index (χ2v) is 4.59. The minimum Gasteiger partial charge on any atom is -0.356 e. The minimum absolute atomic E-state index is 0.0863. The molecular weight excluding hydrogens is 212 g/mol. The van der Waals surface area contributed by atoms with Crippen molar-refractivity contribution in [2.75, 3.05) is 13.1 Å². The van der Waals surface area contributed by atoms with Gasteiger partial charge in [0.2, 0.25) is 5.91 Å². The molecule has 3 N–H and O–H groups in total. The van der Waals surface area contributed by atoms with Crippen molar-refractivity contribution in [3.63, 3.8) is 0 Å². The van der Waals surface area contributed by atoms with Crippen molar-refractivity contribution < 1.29 is 4.79 Å². The molecule has 3 nitrogen and oxygen atoms in total. The molecule has 0 heterocycles. The molecule has 1 atom stereocenters. The van der Waals surface area contributed by atoms with E-state index in [2.05, 4.69) is 12.2 Å². The predicted octanol–water partition coefficient (Wildman–Crippen LogP) is 1.64. The summed E-state index contributed by atoms with van der Waals surface area (Å²) in [4.78, 5) is 11.7. The van der Waals surface area contributed by atoms with Gasteiger partial charge in [-0.1, -0.05) is 31.2 Å². The third-order valence-corrected chi connectivity index (χ3v) is 2.92. The lowest BCUT2D eigenvalue weighted by Gasteiger charge is -2.12. The average molecular weight is 234 g/mol. The molecule has 0 saturated carbocycles. The summed E-state index contributed by atoms with van der Waals surface area (Å²) < 4.78 is 0. The fraction of sp³-hybridized carbons (Fsp3) is 0.500. The van der Waals surface area contributed by atoms with E-state index >= 15 is 0 Å². The van der Waals surface area contributed by atoms with E-state index in [9.17, 15) is 4.79 Å². The van der Waals surface area contributed by atoms with E-state index in [1.165, 1.54) is 0 Å². The van der Waals surface area contributed by atoms with Crippen LogP contribution in [0.1, 0.15) is 24.5 Å². The highest BCUT2D eigenvalue weighted by Gasteiger charge is 2.07. The average Bonchev–Trinajstić information content (AvgIpc) is 2.30. The molecule has 0 aliphatic heterocycles. The van der Waals surface area contributed by atoms with Crippen LogP contribution in [0.4, 0.5) is 0 Å². The number of hydrogen-bond acceptors (Lipinski definition) is 2. The summed E-state index contributed by atoms with van der Waals surface area (Å²) in [6, 6.07) is 7.98. The van der Waals surface area contributed by atoms with Crippen molar-refractivity contribution in [1.29, 1.82) is 0 Å². The molecule has 0 spiro atoms. The van der Waals surface area contributed by atoms with Crippen LogP contribution >= 0.6 is 0 Å². The van der Waals surface area contributed by atoms with Crippen LogP contribution in [-0.4, -0.2) is 19.0 Å². The van der Waals surface area contributed by atoms with Gasteiger partial charge in [0, 0.05) is 6.54 Å². The van der Waals surface area contributed by atoms with E-state index in [1.54, 1.807) is 0 Å². The van der Waals surface area contributed by atoms with E-state index in [0.29, 0.717) is 25.4 Å². The fourth-order valence-corrected chi connectivity index (χ4v) is 1.72. The molecule has 0 aromatic heterocycles. The zero-order valence-electron chi connectivity index (χ0n) is 10.7. The second-order valence-electron chi connectivity index (χ2n) is 4.59. The van der Waals surface area contributed by atoms with Crippen molar-refractivity contribution in [1.82, 2.24) is 5.32 Å². The molecule has 1 amide bonds. The number of rotatable bonds is 6. The number of benzene rings is 1. The Morgan fingerprint density at radius 3 is 2.76 bits per heavy atom. The summed E-state index contributed by atoms with van der Waals surface area (Å²) >= 11 is 0. The van der Waals surface area contributed by atoms with Crippen molar-refractivity contribution in [2.45, 2.75) is 26.7 Å². The van der Waals surface area contributed by atoms with Crippen molar-refractivity contribution in [2.24, 2.45) is 11.7 Å². The van der Waals surface area contributed by atoms with Crippen molar-refractivity contribution in [3.8, 4) is 0 Å². The molecule has 1 aromatic rings. The second kappa shape index (κ2) is 7.07. The van der Waals surface area contributed by atoms with Gasteiger partial charge in [-0.2, -0.15) is 0 Å². The summed E-state index contributed by atoms with van der Waals surface area (Å²) in [6.07, 6.45) is 1.41. The SMILES string of the molecule is Cc1ccccc1CC(=O)NCC(C)CCN. The first-order valence-corrected chi connectivity index (χ1v) is 6.14. The molecule has 3 heteroatoms. The number of carbonyl (C=O) groups is 1. The molecule has 0 fully saturated rings. The Labute approximate surface area is 103 Å². The fourth-order valence-electron chi connectivity index (χ4n) is 1.72. The summed E-state index contributed by atoms with van der Waals surface area (Å²) in [5.74, 6) is 0.531. The minimum atomic E-state index is 0.0863. The van der Waals surface area contributed by atoms with Gasteiger partial charge in [-0.05, 0) is 36.9 Å². The quantitative estimate of drug-likeness (QED) is 0.786. The molecule has 0 saturated heterocycles. The zero-order chi connectivity index (χ0) is 12.7. The summed E-state index contributed by atoms with van der Waals surface area (Å²) in [5, 5.41) is 2.95. The van der Waals surface area contributed by atoms with E-state index < -0.39 is 0 Å². The molecule has 1 rings (SSSR count). The smallest absolute Gasteiger partial charge is 0.224 e. The summed E-state index contributed by atoms with van der Waals surface area (Å²) in [6.45, 7) is 5.51. The molecule has 0 aliphatic rings. The van der Waals surface area contributed by atoms with Gasteiger partial charge in [0.05, 0.1) is 6.42 Å². The number of hydrogen-bond donors (Lipinski definition) is 2. The Balaban J connectivity index is 2.37. The Kier molecular flexibility index (Phi) is 5.70. The first-order chi connectivity index (χ1) is 8.13. The standard InChI is InChI=1S/C14H22N2O/c1-11(7-8-15)10-16-14(17)9-13-6-4-3-5-12(13)2/h3-6,11H,7-10,15H2,1-2H3,(H,16,17). The van der Waals surface area contributed by atoms with Gasteiger partial charge in [0.15, 0.2) is 0 Å². The molecule has 0 aliphatic carbocycles. The van der Waals surface area contributed by atoms with Gasteiger partial charge in [0.25, 0.3) is 0 Å². The number of carbonyl (C=O) groups excluding carboxylic acids is 1. The van der Waals surface area contributed by atoms with Crippen LogP contribution in [0.2, 0.25) is 0 Å². The summed E-state index contributed by atoms with van der Waals surface area (Å²) in [7, 11) is 0. The molecule has 17 heavy (non-hydrogen) atoms. The normalized spacial score (nSPS) is 12.2. The third-order valence-electron chi connectivity index (χ3n) is 2.92. The Morgan fingerprint density at radius 1 is 1.41 bits per heavy atom. The lowest BCUT2D eigenvalue weighted by molar-refractivity contribution is -0.120. The van der Waals surface area contributed by atoms with E-state index in [0.717, 1.165) is 17.5 Å². The van der Waals surface area contributed by atoms with Crippen LogP contribution in [0, 0.1) is 12.8 Å². The first kappa shape index (κ1) is 13.7. The van der Waals surface area contributed by atoms with Crippen LogP contribution in [0.15, 0.2) is 24.3 Å². The van der Waals surface area contributed by atoms with Gasteiger partial charge >= 0.3 is 0 Å². The van der Waals surface area contributed by atoms with Crippen LogP contribution in [0.5, 0.6) is 0 Å². The van der Waals surface area contributed by atoms with Gasteiger partial charge in [-0.25, -0.2) is 0 Å². The maximum absolute atomic E-state index is 11.7. The van der Waals surface area contributed by atoms with Crippen molar-refractivity contribution in [3.05, 3.63) is 35.4 Å². The van der Waals surface area contributed by atoms with E-state index in [1.807, 2.05) is 31.2 Å². The molecule has 1 aromatic carbocycles. The molecule has 94 valence electrons. The topological polar surface area (TPSA) is 55.1 Å². The van der Waals surface area contributed by atoms with Gasteiger partial charge < -0.3 is 11.1 Å². The van der Waals surface area contributed by atoms with E-state index in [4.69, 9.17) is 5.73 Å². The zero-order valence-corrected chi connectivity index (χ0v) is 10.7. The van der Waals surface area contributed by atoms with Gasteiger partial charge in [0.1, 0.15) is 0 Å². The predicted molar refractivity (Wildman–Crippen MR) is 70.7 cm³/mol. The van der Waals surface area contributed by atoms with E-state index in [-0.39, 0.29) is 5.91 Å². The van der Waals surface area contributed by atoms with Crippen molar-refractivity contribution >= 4 is 5.91 Å². The number of nitrogens with two attached hydrogens (primary N) is 1. The molecule has 0 bridgehead atoms. The Bertz CT molecular complexity index is 363. The van der Waals surface area contributed by atoms with Crippen LogP contribution in [0.25, 0.3) is 0 Å². The molecule has 0 radical (unpaired) electrons.